The molecule has 3 aromatic carbocycles. The van der Waals surface area contributed by atoms with Crippen molar-refractivity contribution in [3.05, 3.63) is 108 Å². The van der Waals surface area contributed by atoms with E-state index < -0.39 is 0 Å². The summed E-state index contributed by atoms with van der Waals surface area (Å²) in [7, 11) is 2.04. The quantitative estimate of drug-likeness (QED) is 0.239. The lowest BCUT2D eigenvalue weighted by Gasteiger charge is -2.23. The van der Waals surface area contributed by atoms with Crippen LogP contribution in [0.25, 0.3) is 22.0 Å². The number of para-hydroxylation sites is 1. The molecule has 0 bridgehead atoms. The van der Waals surface area contributed by atoms with Crippen LogP contribution in [0.15, 0.2) is 91.3 Å². The zero-order valence-electron chi connectivity index (χ0n) is 21.6. The molecule has 0 atom stereocenters. The number of aromatic amines is 1. The molecular formula is C32H32N4O. The second-order valence-electron chi connectivity index (χ2n) is 9.45. The minimum atomic E-state index is -0.0366. The molecule has 0 aliphatic heterocycles. The Kier molecular flexibility index (Phi) is 7.04. The van der Waals surface area contributed by atoms with Crippen molar-refractivity contribution in [2.24, 2.45) is 0 Å². The van der Waals surface area contributed by atoms with Gasteiger partial charge in [0.15, 0.2) is 0 Å². The summed E-state index contributed by atoms with van der Waals surface area (Å²) < 4.78 is 0. The van der Waals surface area contributed by atoms with E-state index in [1.165, 1.54) is 5.56 Å². The first-order chi connectivity index (χ1) is 18.0. The average molecular weight is 489 g/mol. The number of fused-ring (bicyclic) bond motifs is 1. The van der Waals surface area contributed by atoms with Crippen LogP contribution in [0.2, 0.25) is 0 Å². The number of rotatable bonds is 8. The number of anilines is 3. The largest absolute Gasteiger partial charge is 0.358 e. The molecule has 1 amide bonds. The molecule has 0 radical (unpaired) electrons. The maximum absolute atomic E-state index is 13.1. The number of carbonyl (C=O) groups excluding carboxylic acids is 1. The minimum absolute atomic E-state index is 0.0366. The highest BCUT2D eigenvalue weighted by atomic mass is 16.1. The van der Waals surface area contributed by atoms with Crippen molar-refractivity contribution in [2.75, 3.05) is 17.3 Å². The summed E-state index contributed by atoms with van der Waals surface area (Å²) in [6, 6.07) is 26.9. The predicted octanol–water partition coefficient (Wildman–Crippen LogP) is 7.44. The molecule has 0 spiro atoms. The van der Waals surface area contributed by atoms with Crippen molar-refractivity contribution in [3.8, 4) is 11.1 Å². The third-order valence-electron chi connectivity index (χ3n) is 6.84. The fourth-order valence-corrected chi connectivity index (χ4v) is 4.90. The zero-order chi connectivity index (χ0) is 25.8. The standard InChI is InChI=1S/C32H32N4O/c1-4-8-23-12-14-24(15-13-23)29-19-25(16-17-31(29)36(3)26-9-7-18-33-21-26)35-32(37)20-28-22(2)34-30-11-6-5-10-27(28)30/h5-7,9-19,21,34H,4,8,20H2,1-3H3,(H,35,37). The maximum Gasteiger partial charge on any atom is 0.228 e. The van der Waals surface area contributed by atoms with Crippen LogP contribution in [0.3, 0.4) is 0 Å². The Morgan fingerprint density at radius 2 is 1.81 bits per heavy atom. The highest BCUT2D eigenvalue weighted by Gasteiger charge is 2.16. The highest BCUT2D eigenvalue weighted by Crippen LogP contribution is 2.36. The lowest BCUT2D eigenvalue weighted by Crippen LogP contribution is -2.15. The fourth-order valence-electron chi connectivity index (χ4n) is 4.90. The summed E-state index contributed by atoms with van der Waals surface area (Å²) in [5.74, 6) is -0.0366. The number of pyridine rings is 1. The number of amides is 1. The van der Waals surface area contributed by atoms with Gasteiger partial charge in [-0.1, -0.05) is 55.8 Å². The molecule has 0 aliphatic rings. The van der Waals surface area contributed by atoms with Crippen molar-refractivity contribution in [2.45, 2.75) is 33.1 Å². The van der Waals surface area contributed by atoms with E-state index in [2.05, 4.69) is 69.6 Å². The van der Waals surface area contributed by atoms with E-state index in [1.54, 1.807) is 6.20 Å². The third kappa shape index (κ3) is 5.26. The molecule has 5 aromatic rings. The molecule has 5 rings (SSSR count). The lowest BCUT2D eigenvalue weighted by atomic mass is 9.99. The first-order valence-electron chi connectivity index (χ1n) is 12.8. The van der Waals surface area contributed by atoms with Gasteiger partial charge in [0.2, 0.25) is 5.91 Å². The Hall–Kier alpha value is -4.38. The average Bonchev–Trinajstić information content (AvgIpc) is 3.24. The monoisotopic (exact) mass is 488 g/mol. The molecular weight excluding hydrogens is 456 g/mol. The van der Waals surface area contributed by atoms with Crippen LogP contribution in [0.4, 0.5) is 17.1 Å². The van der Waals surface area contributed by atoms with E-state index >= 15 is 0 Å². The number of aromatic nitrogens is 2. The second kappa shape index (κ2) is 10.7. The van der Waals surface area contributed by atoms with Crippen LogP contribution in [0, 0.1) is 6.92 Å². The maximum atomic E-state index is 13.1. The van der Waals surface area contributed by atoms with Gasteiger partial charge in [0, 0.05) is 46.8 Å². The van der Waals surface area contributed by atoms with E-state index in [0.717, 1.165) is 63.2 Å². The van der Waals surface area contributed by atoms with Crippen molar-refractivity contribution in [1.82, 2.24) is 9.97 Å². The van der Waals surface area contributed by atoms with Gasteiger partial charge in [0.25, 0.3) is 0 Å². The van der Waals surface area contributed by atoms with Crippen LogP contribution >= 0.6 is 0 Å². The number of H-pyrrole nitrogens is 1. The normalized spacial score (nSPS) is 11.0. The molecule has 5 nitrogen and oxygen atoms in total. The summed E-state index contributed by atoms with van der Waals surface area (Å²) in [6.45, 7) is 4.21. The SMILES string of the molecule is CCCc1ccc(-c2cc(NC(=O)Cc3c(C)[nH]c4ccccc34)ccc2N(C)c2cccnc2)cc1. The zero-order valence-corrected chi connectivity index (χ0v) is 21.6. The second-order valence-corrected chi connectivity index (χ2v) is 9.45. The fraction of sp³-hybridized carbons (Fsp3) is 0.188. The van der Waals surface area contributed by atoms with Gasteiger partial charge in [-0.25, -0.2) is 0 Å². The Bertz CT molecular complexity index is 1520. The van der Waals surface area contributed by atoms with Gasteiger partial charge in [-0.05, 0) is 66.4 Å². The molecule has 186 valence electrons. The van der Waals surface area contributed by atoms with Crippen LogP contribution < -0.4 is 10.2 Å². The Labute approximate surface area is 218 Å². The van der Waals surface area contributed by atoms with E-state index in [0.29, 0.717) is 6.42 Å². The Morgan fingerprint density at radius 1 is 1.00 bits per heavy atom. The predicted molar refractivity (Wildman–Crippen MR) is 154 cm³/mol. The van der Waals surface area contributed by atoms with Crippen LogP contribution in [0.1, 0.15) is 30.2 Å². The van der Waals surface area contributed by atoms with Gasteiger partial charge in [-0.15, -0.1) is 0 Å². The highest BCUT2D eigenvalue weighted by molar-refractivity contribution is 5.97. The van der Waals surface area contributed by atoms with Crippen LogP contribution in [-0.4, -0.2) is 22.9 Å². The summed E-state index contributed by atoms with van der Waals surface area (Å²) in [6.07, 6.45) is 6.12. The topological polar surface area (TPSA) is 61.0 Å². The number of nitrogens with one attached hydrogen (secondary N) is 2. The number of hydrogen-bond donors (Lipinski definition) is 2. The molecule has 0 unspecified atom stereocenters. The van der Waals surface area contributed by atoms with Crippen LogP contribution in [0.5, 0.6) is 0 Å². The van der Waals surface area contributed by atoms with Crippen molar-refractivity contribution >= 4 is 33.9 Å². The molecule has 0 aliphatic carbocycles. The van der Waals surface area contributed by atoms with Crippen molar-refractivity contribution < 1.29 is 4.79 Å². The van der Waals surface area contributed by atoms with Gasteiger partial charge < -0.3 is 15.2 Å². The number of nitrogens with zero attached hydrogens (tertiary/aromatic N) is 2. The van der Waals surface area contributed by atoms with Gasteiger partial charge in [0.05, 0.1) is 18.3 Å². The summed E-state index contributed by atoms with van der Waals surface area (Å²) in [5.41, 5.74) is 9.42. The first-order valence-corrected chi connectivity index (χ1v) is 12.8. The summed E-state index contributed by atoms with van der Waals surface area (Å²) in [4.78, 5) is 22.9. The Morgan fingerprint density at radius 3 is 2.57 bits per heavy atom. The molecule has 0 fully saturated rings. The molecule has 2 aromatic heterocycles. The molecule has 5 heteroatoms. The van der Waals surface area contributed by atoms with Crippen molar-refractivity contribution in [1.29, 1.82) is 0 Å². The molecule has 2 heterocycles. The van der Waals surface area contributed by atoms with Gasteiger partial charge in [-0.3, -0.25) is 9.78 Å². The number of aryl methyl sites for hydroxylation is 2. The van der Waals surface area contributed by atoms with Gasteiger partial charge in [0.1, 0.15) is 0 Å². The molecule has 0 saturated heterocycles. The number of benzene rings is 3. The smallest absolute Gasteiger partial charge is 0.228 e. The van der Waals surface area contributed by atoms with E-state index in [4.69, 9.17) is 0 Å². The molecule has 2 N–H and O–H groups in total. The van der Waals surface area contributed by atoms with E-state index in [9.17, 15) is 4.79 Å². The molecule has 37 heavy (non-hydrogen) atoms. The third-order valence-corrected chi connectivity index (χ3v) is 6.84. The summed E-state index contributed by atoms with van der Waals surface area (Å²) in [5, 5.41) is 4.23. The lowest BCUT2D eigenvalue weighted by molar-refractivity contribution is -0.115. The van der Waals surface area contributed by atoms with Gasteiger partial charge >= 0.3 is 0 Å². The summed E-state index contributed by atoms with van der Waals surface area (Å²) >= 11 is 0. The number of hydrogen-bond acceptors (Lipinski definition) is 3. The molecule has 0 saturated carbocycles. The first kappa shape index (κ1) is 24.3. The number of carbonyl (C=O) groups is 1. The van der Waals surface area contributed by atoms with E-state index in [-0.39, 0.29) is 5.91 Å². The van der Waals surface area contributed by atoms with Crippen LogP contribution in [-0.2, 0) is 17.6 Å². The van der Waals surface area contributed by atoms with Crippen molar-refractivity contribution in [3.63, 3.8) is 0 Å². The van der Waals surface area contributed by atoms with E-state index in [1.807, 2.05) is 56.6 Å². The minimum Gasteiger partial charge on any atom is -0.358 e. The Balaban J connectivity index is 1.46. The van der Waals surface area contributed by atoms with Gasteiger partial charge in [-0.2, -0.15) is 0 Å².